The molecule has 0 aliphatic heterocycles. The topological polar surface area (TPSA) is 91.7 Å². The summed E-state index contributed by atoms with van der Waals surface area (Å²) in [5.41, 5.74) is -0.831. The summed E-state index contributed by atoms with van der Waals surface area (Å²) in [5.74, 6) is 0. The van der Waals surface area contributed by atoms with Crippen molar-refractivity contribution in [2.45, 2.75) is 63.7 Å². The van der Waals surface area contributed by atoms with Gasteiger partial charge in [-0.25, -0.2) is 4.79 Å². The molecule has 0 spiro atoms. The molecule has 154 valence electrons. The first-order chi connectivity index (χ1) is 12.1. The summed E-state index contributed by atoms with van der Waals surface area (Å²) in [6.07, 6.45) is -6.88. The summed E-state index contributed by atoms with van der Waals surface area (Å²) in [5, 5.41) is 21.3. The molecule has 0 saturated heterocycles. The highest BCUT2D eigenvalue weighted by molar-refractivity contribution is 6.74. The molecule has 1 heterocycles. The zero-order valence-electron chi connectivity index (χ0n) is 16.1. The monoisotopic (exact) mass is 408 g/mol. The molecule has 1 unspecified atom stereocenters. The van der Waals surface area contributed by atoms with Gasteiger partial charge in [0.2, 0.25) is 0 Å². The van der Waals surface area contributed by atoms with Crippen molar-refractivity contribution in [2.75, 3.05) is 6.54 Å². The number of nitrogens with zero attached hydrogens (tertiary/aromatic N) is 1. The Morgan fingerprint density at radius 2 is 1.89 bits per heavy atom. The third-order valence-corrected chi connectivity index (χ3v) is 9.22. The van der Waals surface area contributed by atoms with Crippen LogP contribution in [-0.4, -0.2) is 42.3 Å². The molecule has 0 saturated carbocycles. The van der Waals surface area contributed by atoms with Gasteiger partial charge in [-0.15, -0.1) is 0 Å². The molecule has 2 atom stereocenters. The van der Waals surface area contributed by atoms with E-state index in [1.54, 1.807) is 0 Å². The van der Waals surface area contributed by atoms with Gasteiger partial charge in [0.25, 0.3) is 0 Å². The number of aromatic nitrogens is 1. The van der Waals surface area contributed by atoms with E-state index in [4.69, 9.17) is 9.53 Å². The number of hydrogen-bond acceptors (Lipinski definition) is 4. The number of amides is 1. The third-order valence-electron chi connectivity index (χ3n) is 4.69. The number of carbonyl (C=O) groups is 1. The number of hydrogen-bond donors (Lipinski definition) is 3. The molecule has 0 radical (unpaired) electrons. The van der Waals surface area contributed by atoms with Crippen molar-refractivity contribution in [3.63, 3.8) is 0 Å². The van der Waals surface area contributed by atoms with Crippen molar-refractivity contribution < 1.29 is 32.6 Å². The summed E-state index contributed by atoms with van der Waals surface area (Å²) >= 11 is 0. The highest BCUT2D eigenvalue weighted by atomic mass is 28.4. The van der Waals surface area contributed by atoms with Gasteiger partial charge < -0.3 is 20.0 Å². The average molecular weight is 408 g/mol. The molecular formula is C17H27F3N2O4Si. The first-order valence-corrected chi connectivity index (χ1v) is 11.4. The van der Waals surface area contributed by atoms with Crippen LogP contribution < -0.4 is 5.32 Å². The zero-order valence-corrected chi connectivity index (χ0v) is 17.1. The Morgan fingerprint density at radius 1 is 1.30 bits per heavy atom. The van der Waals surface area contributed by atoms with Gasteiger partial charge >= 0.3 is 12.3 Å². The molecule has 1 aromatic heterocycles. The summed E-state index contributed by atoms with van der Waals surface area (Å²) in [4.78, 5) is 14.5. The van der Waals surface area contributed by atoms with Crippen molar-refractivity contribution in [3.05, 3.63) is 29.6 Å². The number of nitrogens with one attached hydrogen (secondary N) is 1. The van der Waals surface area contributed by atoms with Crippen molar-refractivity contribution >= 4 is 14.4 Å². The Hall–Kier alpha value is -1.65. The summed E-state index contributed by atoms with van der Waals surface area (Å²) < 4.78 is 44.0. The molecule has 3 N–H and O–H groups in total. The minimum Gasteiger partial charge on any atom is -0.465 e. The molecule has 1 amide bonds. The lowest BCUT2D eigenvalue weighted by molar-refractivity contribution is -0.137. The van der Waals surface area contributed by atoms with Crippen LogP contribution in [0.5, 0.6) is 0 Å². The molecule has 1 rings (SSSR count). The molecular weight excluding hydrogens is 381 g/mol. The Bertz CT molecular complexity index is 631. The maximum Gasteiger partial charge on any atom is 0.417 e. The van der Waals surface area contributed by atoms with E-state index in [-0.39, 0.29) is 23.7 Å². The van der Waals surface area contributed by atoms with Crippen LogP contribution in [0.1, 0.15) is 44.6 Å². The van der Waals surface area contributed by atoms with E-state index in [0.717, 1.165) is 12.1 Å². The number of alkyl halides is 3. The predicted molar refractivity (Wildman–Crippen MR) is 96.9 cm³/mol. The van der Waals surface area contributed by atoms with Gasteiger partial charge in [-0.1, -0.05) is 20.8 Å². The maximum absolute atomic E-state index is 12.6. The van der Waals surface area contributed by atoms with Gasteiger partial charge in [-0.05, 0) is 30.3 Å². The van der Waals surface area contributed by atoms with E-state index in [1.165, 1.54) is 0 Å². The highest BCUT2D eigenvalue weighted by Gasteiger charge is 2.39. The quantitative estimate of drug-likeness (QED) is 0.589. The third kappa shape index (κ3) is 7.11. The second kappa shape index (κ2) is 8.57. The second-order valence-electron chi connectivity index (χ2n) is 7.91. The first-order valence-electron chi connectivity index (χ1n) is 8.49. The number of pyridine rings is 1. The Balaban J connectivity index is 2.92. The summed E-state index contributed by atoms with van der Waals surface area (Å²) in [6.45, 7) is 10.0. The van der Waals surface area contributed by atoms with E-state index in [2.05, 4.69) is 10.3 Å². The van der Waals surface area contributed by atoms with Crippen LogP contribution in [0.25, 0.3) is 0 Å². The summed E-state index contributed by atoms with van der Waals surface area (Å²) in [7, 11) is -2.25. The smallest absolute Gasteiger partial charge is 0.417 e. The van der Waals surface area contributed by atoms with Crippen LogP contribution in [0, 0.1) is 0 Å². The number of rotatable bonds is 7. The second-order valence-corrected chi connectivity index (χ2v) is 12.7. The van der Waals surface area contributed by atoms with Crippen molar-refractivity contribution in [1.82, 2.24) is 10.3 Å². The SMILES string of the molecule is CC(C)(C)[Si](C)(C)O[C@@H](CNC(=O)O)CC(O)c1ccc(C(F)(F)F)cn1. The molecule has 0 bridgehead atoms. The van der Waals surface area contributed by atoms with Gasteiger partial charge in [0.1, 0.15) is 0 Å². The number of carboxylic acid groups (broad SMARTS) is 1. The Labute approximate surface area is 157 Å². The van der Waals surface area contributed by atoms with E-state index in [9.17, 15) is 23.1 Å². The van der Waals surface area contributed by atoms with Crippen LogP contribution in [0.4, 0.5) is 18.0 Å². The standard InChI is InChI=1S/C17H27F3N2O4Si/c1-16(2,3)27(4,5)26-12(10-22-15(24)25)8-14(23)13-7-6-11(9-21-13)17(18,19)20/h6-7,9,12,14,22-23H,8,10H2,1-5H3,(H,24,25)/t12-,14?/m1/s1. The minimum absolute atomic E-state index is 0.00511. The van der Waals surface area contributed by atoms with Gasteiger partial charge in [0.05, 0.1) is 23.5 Å². The van der Waals surface area contributed by atoms with E-state index >= 15 is 0 Å². The highest BCUT2D eigenvalue weighted by Crippen LogP contribution is 2.38. The van der Waals surface area contributed by atoms with Crippen LogP contribution in [0.15, 0.2) is 18.3 Å². The fraction of sp³-hybridized carbons (Fsp3) is 0.647. The van der Waals surface area contributed by atoms with Crippen LogP contribution in [0.2, 0.25) is 18.1 Å². The minimum atomic E-state index is -4.50. The first kappa shape index (κ1) is 23.4. The predicted octanol–water partition coefficient (Wildman–Crippen LogP) is 4.18. The molecule has 1 aromatic rings. The van der Waals surface area contributed by atoms with Gasteiger partial charge in [-0.3, -0.25) is 4.98 Å². The summed E-state index contributed by atoms with van der Waals surface area (Å²) in [6, 6.07) is 1.96. The number of aliphatic hydroxyl groups excluding tert-OH is 1. The van der Waals surface area contributed by atoms with Gasteiger partial charge in [0.15, 0.2) is 8.32 Å². The lowest BCUT2D eigenvalue weighted by Crippen LogP contribution is -2.47. The molecule has 0 aliphatic rings. The molecule has 10 heteroatoms. The van der Waals surface area contributed by atoms with Gasteiger partial charge in [-0.2, -0.15) is 13.2 Å². The normalized spacial score (nSPS) is 15.3. The fourth-order valence-electron chi connectivity index (χ4n) is 2.11. The van der Waals surface area contributed by atoms with E-state index in [1.807, 2.05) is 33.9 Å². The Morgan fingerprint density at radius 3 is 2.30 bits per heavy atom. The molecule has 0 aliphatic carbocycles. The van der Waals surface area contributed by atoms with E-state index < -0.39 is 38.4 Å². The molecule has 0 fully saturated rings. The van der Waals surface area contributed by atoms with Crippen LogP contribution >= 0.6 is 0 Å². The molecule has 0 aromatic carbocycles. The fourth-order valence-corrected chi connectivity index (χ4v) is 3.47. The van der Waals surface area contributed by atoms with Crippen LogP contribution in [0.3, 0.4) is 0 Å². The lowest BCUT2D eigenvalue weighted by atomic mass is 10.1. The lowest BCUT2D eigenvalue weighted by Gasteiger charge is -2.39. The number of halogens is 3. The van der Waals surface area contributed by atoms with Crippen molar-refractivity contribution in [3.8, 4) is 0 Å². The van der Waals surface area contributed by atoms with Crippen molar-refractivity contribution in [2.24, 2.45) is 0 Å². The zero-order chi connectivity index (χ0) is 21.0. The largest absolute Gasteiger partial charge is 0.465 e. The maximum atomic E-state index is 12.6. The van der Waals surface area contributed by atoms with E-state index in [0.29, 0.717) is 6.20 Å². The van der Waals surface area contributed by atoms with Crippen molar-refractivity contribution in [1.29, 1.82) is 0 Å². The number of aliphatic hydroxyl groups is 1. The van der Waals surface area contributed by atoms with Crippen LogP contribution in [-0.2, 0) is 10.6 Å². The van der Waals surface area contributed by atoms with Gasteiger partial charge in [0, 0.05) is 19.2 Å². The molecule has 6 nitrogen and oxygen atoms in total. The average Bonchev–Trinajstić information content (AvgIpc) is 2.50. The molecule has 27 heavy (non-hydrogen) atoms. The Kier molecular flexibility index (Phi) is 7.42.